The summed E-state index contributed by atoms with van der Waals surface area (Å²) in [7, 11) is -3.85. The third-order valence-corrected chi connectivity index (χ3v) is 21.7. The molecule has 0 spiro atoms. The summed E-state index contributed by atoms with van der Waals surface area (Å²) in [5.41, 5.74) is 11.1. The monoisotopic (exact) mass is 1650 g/mol. The zero-order valence-electron chi connectivity index (χ0n) is 58.5. The number of hydrogen-bond acceptors (Lipinski definition) is 21. The van der Waals surface area contributed by atoms with E-state index in [1.54, 1.807) is 96.1 Å². The SMILES string of the molecule is C.C.Cc1ccc(S(=O)(=O)n2ccc3c(-c4nc(-c5cn(C)nc5C)cc(N5CCOC[C@H]5C)n4)ccnc32)cc1.Cc1ccc(S(=O)(=O)n2ccc3c(-c4nc(Cl)cc(N5CCOC[C@H]5C)n4)ccnc32)cc1.Cc1nn(C)cc1-c1cc(N2CCOC[C@H]2C)nc(-c2ccnc3[nH]ccc23)n1.[CH3-].[W]. The van der Waals surface area contributed by atoms with Gasteiger partial charge in [-0.05, 0) is 109 Å². The number of aryl methyl sites for hydroxylation is 6. The van der Waals surface area contributed by atoms with Crippen molar-refractivity contribution in [3.05, 3.63) is 188 Å². The van der Waals surface area contributed by atoms with Gasteiger partial charge < -0.3 is 41.3 Å². The Bertz CT molecular complexity index is 5480. The summed E-state index contributed by atoms with van der Waals surface area (Å²) in [5, 5.41) is 11.6. The summed E-state index contributed by atoms with van der Waals surface area (Å²) in [6.07, 6.45) is 13.8. The first-order valence-electron chi connectivity index (χ1n) is 33.0. The summed E-state index contributed by atoms with van der Waals surface area (Å²) in [4.78, 5) is 52.4. The average Bonchev–Trinajstić information content (AvgIpc) is 1.68. The fourth-order valence-electron chi connectivity index (χ4n) is 12.9. The first kappa shape index (κ1) is 77.9. The number of H-pyrrole nitrogens is 1. The molecule has 13 aromatic rings. The smallest absolute Gasteiger partial charge is 0.269 e. The van der Waals surface area contributed by atoms with E-state index in [0.29, 0.717) is 114 Å². The molecule has 11 aromatic heterocycles. The molecular weight excluding hydrogens is 1560 g/mol. The molecule has 3 saturated heterocycles. The molecule has 26 nitrogen and oxygen atoms in total. The van der Waals surface area contributed by atoms with Gasteiger partial charge in [0, 0.05) is 167 Å². The minimum absolute atomic E-state index is 0. The van der Waals surface area contributed by atoms with E-state index in [0.717, 1.165) is 79.8 Å². The van der Waals surface area contributed by atoms with E-state index < -0.39 is 20.0 Å². The van der Waals surface area contributed by atoms with Crippen molar-refractivity contribution < 1.29 is 52.1 Å². The van der Waals surface area contributed by atoms with Crippen molar-refractivity contribution in [1.29, 1.82) is 0 Å². The summed E-state index contributed by atoms with van der Waals surface area (Å²) >= 11 is 6.36. The molecule has 16 rings (SSSR count). The van der Waals surface area contributed by atoms with Gasteiger partial charge in [0.25, 0.3) is 20.0 Å². The molecule has 0 saturated carbocycles. The Labute approximate surface area is 631 Å². The van der Waals surface area contributed by atoms with Crippen LogP contribution < -0.4 is 14.7 Å². The van der Waals surface area contributed by atoms with Crippen LogP contribution in [0.3, 0.4) is 0 Å². The van der Waals surface area contributed by atoms with Gasteiger partial charge in [0.15, 0.2) is 28.8 Å². The Morgan fingerprint density at radius 3 is 1.25 bits per heavy atom. The van der Waals surface area contributed by atoms with Gasteiger partial charge >= 0.3 is 0 Å². The number of nitrogens with zero attached hydrogens (tertiary/aromatic N) is 18. The number of anilines is 3. The minimum atomic E-state index is -3.84. The molecule has 14 heterocycles. The number of benzene rings is 2. The quantitative estimate of drug-likeness (QED) is 0.0878. The van der Waals surface area contributed by atoms with Crippen molar-refractivity contribution in [2.75, 3.05) is 74.0 Å². The fraction of sp³-hybridized carbons (Fsp3) is 0.307. The van der Waals surface area contributed by atoms with Gasteiger partial charge in [-0.3, -0.25) is 9.36 Å². The maximum atomic E-state index is 13.5. The van der Waals surface area contributed by atoms with Crippen LogP contribution >= 0.6 is 11.6 Å². The van der Waals surface area contributed by atoms with E-state index in [1.165, 1.54) is 20.3 Å². The van der Waals surface area contributed by atoms with Crippen molar-refractivity contribution in [3.8, 4) is 56.7 Å². The largest absolute Gasteiger partial charge is 0.377 e. The van der Waals surface area contributed by atoms with Crippen LogP contribution in [0.25, 0.3) is 89.8 Å². The molecule has 548 valence electrons. The Morgan fingerprint density at radius 2 is 0.857 bits per heavy atom. The third kappa shape index (κ3) is 15.8. The van der Waals surface area contributed by atoms with Crippen molar-refractivity contribution in [3.63, 3.8) is 0 Å². The van der Waals surface area contributed by atoms with E-state index in [2.05, 4.69) is 76.7 Å². The molecule has 2 aromatic carbocycles. The van der Waals surface area contributed by atoms with Crippen LogP contribution in [0.1, 0.15) is 58.1 Å². The van der Waals surface area contributed by atoms with Gasteiger partial charge in [-0.15, -0.1) is 0 Å². The third-order valence-electron chi connectivity index (χ3n) is 18.1. The molecule has 1 N–H and O–H groups in total. The summed E-state index contributed by atoms with van der Waals surface area (Å²) < 4.78 is 76.4. The summed E-state index contributed by atoms with van der Waals surface area (Å²) in [6, 6.07) is 30.9. The van der Waals surface area contributed by atoms with Crippen LogP contribution in [0.5, 0.6) is 0 Å². The second-order valence-corrected chi connectivity index (χ2v) is 29.4. The van der Waals surface area contributed by atoms with Crippen LogP contribution in [0.2, 0.25) is 5.15 Å². The number of rotatable bonds is 12. The number of fused-ring (bicyclic) bond motifs is 3. The van der Waals surface area contributed by atoms with Gasteiger partial charge in [-0.1, -0.05) is 61.8 Å². The molecule has 3 atom stereocenters. The second kappa shape index (κ2) is 32.4. The summed E-state index contributed by atoms with van der Waals surface area (Å²) in [5.74, 6) is 3.98. The van der Waals surface area contributed by atoms with Crippen LogP contribution in [-0.4, -0.2) is 172 Å². The first-order chi connectivity index (χ1) is 48.7. The number of morpholine rings is 3. The maximum absolute atomic E-state index is 13.5. The molecule has 0 bridgehead atoms. The van der Waals surface area contributed by atoms with E-state index in [9.17, 15) is 16.8 Å². The van der Waals surface area contributed by atoms with E-state index >= 15 is 0 Å². The summed E-state index contributed by atoms with van der Waals surface area (Å²) in [6.45, 7) is 20.2. The molecule has 0 radical (unpaired) electrons. The van der Waals surface area contributed by atoms with Gasteiger partial charge in [0.05, 0.1) is 90.3 Å². The Hall–Kier alpha value is -9.67. The Kier molecular flexibility index (Phi) is 24.0. The van der Waals surface area contributed by atoms with Gasteiger partial charge in [-0.2, -0.15) is 10.2 Å². The Morgan fingerprint density at radius 1 is 0.476 bits per heavy atom. The van der Waals surface area contributed by atoms with Crippen molar-refractivity contribution in [2.45, 2.75) is 91.2 Å². The molecule has 3 fully saturated rings. The van der Waals surface area contributed by atoms with Crippen LogP contribution in [0.4, 0.5) is 17.5 Å². The predicted octanol–water partition coefficient (Wildman–Crippen LogP) is 12.6. The number of aromatic nitrogens is 16. The van der Waals surface area contributed by atoms with Crippen molar-refractivity contribution >= 4 is 82.2 Å². The number of aromatic amines is 1. The van der Waals surface area contributed by atoms with Crippen LogP contribution in [0.15, 0.2) is 162 Å². The molecule has 3 aliphatic heterocycles. The Balaban J connectivity index is 0.000000167. The van der Waals surface area contributed by atoms with Gasteiger partial charge in [-0.25, -0.2) is 69.6 Å². The maximum Gasteiger partial charge on any atom is 0.269 e. The zero-order valence-corrected chi connectivity index (χ0v) is 63.9. The van der Waals surface area contributed by atoms with E-state index in [1.807, 2.05) is 89.3 Å². The number of halogens is 1. The van der Waals surface area contributed by atoms with Gasteiger partial charge in [0.2, 0.25) is 0 Å². The number of hydrogen-bond donors (Lipinski definition) is 1. The van der Waals surface area contributed by atoms with Crippen molar-refractivity contribution in [1.82, 2.24) is 77.3 Å². The fourth-order valence-corrected chi connectivity index (χ4v) is 15.6. The molecule has 105 heavy (non-hydrogen) atoms. The molecular formula is C75H85ClN19O7S2W-. The van der Waals surface area contributed by atoms with Crippen molar-refractivity contribution in [2.24, 2.45) is 14.1 Å². The van der Waals surface area contributed by atoms with Gasteiger partial charge in [0.1, 0.15) is 28.3 Å². The van der Waals surface area contributed by atoms with E-state index in [-0.39, 0.29) is 71.3 Å². The number of ether oxygens (including phenoxy) is 3. The van der Waals surface area contributed by atoms with Crippen LogP contribution in [0, 0.1) is 35.1 Å². The minimum Gasteiger partial charge on any atom is -0.377 e. The second-order valence-electron chi connectivity index (χ2n) is 25.3. The standard InChI is InChI=1S/C28H29N7O3S.C23H22ClN5O3S.C21H23N7O.2CH4.CH3.W/c1-18-5-7-21(8-6-18)39(36,37)35-12-10-23-22(9-11-29-28(23)35)27-30-25(24-16-33(4)32-20(24)3)15-26(31-27)34-13-14-38-17-19(34)2;1-15-3-5-17(6-4-15)33(30,31)29-10-8-19-18(7-9-25-23(19)29)22-26-20(24)13-21(27-22)28-11-12-32-14-16(28)2;1-13-12-29-9-8-28(13)19-10-18(17-11-27(3)26-14(17)2)24-21(25-19)16-5-7-23-20-15(16)4-6-22-20;;;;/h5-12,15-16,19H,13-14,17H2,1-4H3;3-10,13,16H,11-12,14H2,1-2H3;4-7,10-11,13H,8-9,12H2,1-3H3,(H,22,23);2*1H4;1H3;/q;;;;;-1;/t19-;16-;13-;;;;/m111..../s1. The topological polar surface area (TPSA) is 283 Å². The molecule has 30 heteroatoms. The predicted molar refractivity (Wildman–Crippen MR) is 408 cm³/mol. The number of nitrogens with one attached hydrogen (secondary N) is 1. The number of pyridine rings is 3. The normalized spacial score (nSPS) is 16.1. The molecule has 0 aliphatic carbocycles. The zero-order chi connectivity index (χ0) is 70.4. The van der Waals surface area contributed by atoms with E-state index in [4.69, 9.17) is 50.7 Å². The molecule has 0 amide bonds. The first-order valence-corrected chi connectivity index (χ1v) is 36.3. The average molecular weight is 1650 g/mol. The van der Waals surface area contributed by atoms with Crippen LogP contribution in [-0.2, 0) is 69.4 Å². The molecule has 3 aliphatic rings. The molecule has 0 unspecified atom stereocenters.